The normalized spacial score (nSPS) is 12.6. The lowest BCUT2D eigenvalue weighted by molar-refractivity contribution is 0.360. The van der Waals surface area contributed by atoms with Gasteiger partial charge in [0, 0.05) is 39.8 Å². The van der Waals surface area contributed by atoms with Crippen LogP contribution in [-0.4, -0.2) is 7.28 Å². The van der Waals surface area contributed by atoms with Crippen LogP contribution in [0.4, 0.5) is 28.4 Å². The molecule has 0 radical (unpaired) electrons. The van der Waals surface area contributed by atoms with Gasteiger partial charge in [0.15, 0.2) is 30.3 Å². The average Bonchev–Trinajstić information content (AvgIpc) is 3.30. The first-order valence-electron chi connectivity index (χ1n) is 22.3. The highest BCUT2D eigenvalue weighted by Crippen LogP contribution is 2.50. The fourth-order valence-electron chi connectivity index (χ4n) is 9.78. The molecule has 310 valence electrons. The van der Waals surface area contributed by atoms with Crippen molar-refractivity contribution in [2.75, 3.05) is 10.2 Å². The van der Waals surface area contributed by atoms with E-state index < -0.39 is 0 Å². The van der Waals surface area contributed by atoms with Crippen LogP contribution in [0, 0.1) is 20.8 Å². The molecular formula is C59H49BN2O2. The monoisotopic (exact) mass is 828 g/mol. The predicted octanol–water partition coefficient (Wildman–Crippen LogP) is 14.9. The number of nitrogens with zero attached hydrogens (tertiary/aromatic N) is 1. The van der Waals surface area contributed by atoms with E-state index in [1.54, 1.807) is 0 Å². The van der Waals surface area contributed by atoms with Gasteiger partial charge in [-0.1, -0.05) is 141 Å². The van der Waals surface area contributed by atoms with Crippen LogP contribution >= 0.6 is 0 Å². The van der Waals surface area contributed by atoms with E-state index in [0.29, 0.717) is 18.8 Å². The maximum Gasteiger partial charge on any atom is 0.198 e. The summed E-state index contributed by atoms with van der Waals surface area (Å²) in [5, 5.41) is 6.33. The number of aryl methyl sites for hydroxylation is 3. The SMILES string of the molecule is Cc1cc(-c2ccccc2)ccc1N1c2cc3c(cc2Bc2c(-c4ccc5ccccc5c4Nc4ccc(C(C)(C)C)cc4)cc(-c4c(C)cccc4C)cc21)Oc1ccccc1O3. The lowest BCUT2D eigenvalue weighted by Crippen LogP contribution is -2.41. The van der Waals surface area contributed by atoms with Crippen LogP contribution in [0.25, 0.3) is 44.2 Å². The molecule has 0 saturated carbocycles. The van der Waals surface area contributed by atoms with E-state index in [1.807, 2.05) is 24.3 Å². The molecule has 1 N–H and O–H groups in total. The summed E-state index contributed by atoms with van der Waals surface area (Å²) in [7, 11) is 0.690. The average molecular weight is 829 g/mol. The van der Waals surface area contributed by atoms with Gasteiger partial charge in [-0.15, -0.1) is 0 Å². The van der Waals surface area contributed by atoms with Crippen LogP contribution in [0.3, 0.4) is 0 Å². The van der Waals surface area contributed by atoms with Crippen molar-refractivity contribution in [2.24, 2.45) is 0 Å². The van der Waals surface area contributed by atoms with Crippen LogP contribution in [-0.2, 0) is 5.41 Å². The van der Waals surface area contributed by atoms with E-state index in [4.69, 9.17) is 9.47 Å². The Kier molecular flexibility index (Phi) is 9.47. The molecule has 9 aromatic carbocycles. The molecule has 0 unspecified atom stereocenters. The van der Waals surface area contributed by atoms with Gasteiger partial charge in [0.25, 0.3) is 0 Å². The number of para-hydroxylation sites is 2. The third kappa shape index (κ3) is 6.89. The first kappa shape index (κ1) is 39.4. The molecule has 9 aromatic rings. The molecule has 0 aliphatic carbocycles. The maximum absolute atomic E-state index is 6.62. The standard InChI is InChI=1S/C59H49BN2O2/c1-36-15-14-16-37(2)56(36)42-32-47(46-29-23-40-19-10-11-20-45(40)58(46)61-44-27-25-43(26-28-44)59(4,5)6)57-51(33-42)62(49-30-24-41(31-38(49)3)39-17-8-7-9-18-39)50-35-55-54(34-48(50)60-57)63-52-21-12-13-22-53(52)64-55/h7-35,60-61H,1-6H3. The molecular weight excluding hydrogens is 779 g/mol. The van der Waals surface area contributed by atoms with Crippen molar-refractivity contribution in [1.29, 1.82) is 0 Å². The van der Waals surface area contributed by atoms with Crippen LogP contribution in [0.15, 0.2) is 176 Å². The number of anilines is 5. The van der Waals surface area contributed by atoms with Gasteiger partial charge in [0.05, 0.1) is 5.69 Å². The summed E-state index contributed by atoms with van der Waals surface area (Å²) in [4.78, 5) is 2.47. The molecule has 0 spiro atoms. The molecule has 64 heavy (non-hydrogen) atoms. The van der Waals surface area contributed by atoms with Gasteiger partial charge >= 0.3 is 0 Å². The summed E-state index contributed by atoms with van der Waals surface area (Å²) < 4.78 is 13.2. The number of benzene rings is 9. The number of nitrogens with one attached hydrogen (secondary N) is 1. The molecule has 0 atom stereocenters. The maximum atomic E-state index is 6.62. The zero-order valence-electron chi connectivity index (χ0n) is 37.2. The summed E-state index contributed by atoms with van der Waals surface area (Å²) in [6.07, 6.45) is 0. The van der Waals surface area contributed by atoms with Gasteiger partial charge in [-0.05, 0) is 142 Å². The Balaban J connectivity index is 1.18. The molecule has 0 fully saturated rings. The number of hydrogen-bond acceptors (Lipinski definition) is 4. The van der Waals surface area contributed by atoms with Gasteiger partial charge < -0.3 is 19.7 Å². The minimum atomic E-state index is 0.0541. The van der Waals surface area contributed by atoms with Crippen molar-refractivity contribution in [3.8, 4) is 56.4 Å². The van der Waals surface area contributed by atoms with Gasteiger partial charge in [0.1, 0.15) is 0 Å². The molecule has 2 aliphatic rings. The Morgan fingerprint density at radius 3 is 1.89 bits per heavy atom. The van der Waals surface area contributed by atoms with E-state index in [0.717, 1.165) is 51.0 Å². The Labute approximate surface area is 377 Å². The highest BCUT2D eigenvalue weighted by Gasteiger charge is 2.33. The third-order valence-electron chi connectivity index (χ3n) is 13.1. The Morgan fingerprint density at radius 1 is 0.484 bits per heavy atom. The Morgan fingerprint density at radius 2 is 1.17 bits per heavy atom. The minimum absolute atomic E-state index is 0.0541. The quantitative estimate of drug-likeness (QED) is 0.169. The van der Waals surface area contributed by atoms with Crippen molar-refractivity contribution in [1.82, 2.24) is 0 Å². The lowest BCUT2D eigenvalue weighted by Gasteiger charge is -2.37. The molecule has 5 heteroatoms. The molecule has 4 nitrogen and oxygen atoms in total. The second-order valence-electron chi connectivity index (χ2n) is 18.4. The van der Waals surface area contributed by atoms with Crippen molar-refractivity contribution in [2.45, 2.75) is 47.0 Å². The van der Waals surface area contributed by atoms with Crippen molar-refractivity contribution in [3.05, 3.63) is 198 Å². The topological polar surface area (TPSA) is 33.7 Å². The smallest absolute Gasteiger partial charge is 0.198 e. The van der Waals surface area contributed by atoms with E-state index in [-0.39, 0.29) is 5.41 Å². The molecule has 2 heterocycles. The highest BCUT2D eigenvalue weighted by molar-refractivity contribution is 6.73. The largest absolute Gasteiger partial charge is 0.450 e. The van der Waals surface area contributed by atoms with Crippen LogP contribution in [0.5, 0.6) is 23.0 Å². The second-order valence-corrected chi connectivity index (χ2v) is 18.4. The number of fused-ring (bicyclic) bond motifs is 5. The summed E-state index contributed by atoms with van der Waals surface area (Å²) in [5.41, 5.74) is 20.0. The Hall–Kier alpha value is -7.50. The highest BCUT2D eigenvalue weighted by atomic mass is 16.6. The fourth-order valence-corrected chi connectivity index (χ4v) is 9.78. The second kappa shape index (κ2) is 15.4. The van der Waals surface area contributed by atoms with Gasteiger partial charge in [0.2, 0.25) is 0 Å². The summed E-state index contributed by atoms with van der Waals surface area (Å²) >= 11 is 0. The van der Waals surface area contributed by atoms with Gasteiger partial charge in [-0.2, -0.15) is 0 Å². The van der Waals surface area contributed by atoms with Gasteiger partial charge in [-0.25, -0.2) is 0 Å². The molecule has 0 bridgehead atoms. The summed E-state index contributed by atoms with van der Waals surface area (Å²) in [6.45, 7) is 13.5. The molecule has 0 aromatic heterocycles. The molecule has 2 aliphatic heterocycles. The first-order chi connectivity index (χ1) is 31.1. The summed E-state index contributed by atoms with van der Waals surface area (Å²) in [5.74, 6) is 2.85. The van der Waals surface area contributed by atoms with Crippen molar-refractivity contribution < 1.29 is 9.47 Å². The number of hydrogen-bond donors (Lipinski definition) is 1. The first-order valence-corrected chi connectivity index (χ1v) is 22.3. The van der Waals surface area contributed by atoms with E-state index in [2.05, 4.69) is 203 Å². The van der Waals surface area contributed by atoms with Gasteiger partial charge in [-0.3, -0.25) is 0 Å². The van der Waals surface area contributed by atoms with Crippen LogP contribution in [0.1, 0.15) is 43.0 Å². The Bertz CT molecular complexity index is 3270. The minimum Gasteiger partial charge on any atom is -0.450 e. The van der Waals surface area contributed by atoms with E-state index >= 15 is 0 Å². The van der Waals surface area contributed by atoms with Crippen LogP contribution in [0.2, 0.25) is 0 Å². The lowest BCUT2D eigenvalue weighted by atomic mass is 9.57. The van der Waals surface area contributed by atoms with Crippen LogP contribution < -0.4 is 30.6 Å². The van der Waals surface area contributed by atoms with Crippen molar-refractivity contribution >= 4 is 57.4 Å². The number of rotatable bonds is 6. The molecule has 11 rings (SSSR count). The predicted molar refractivity (Wildman–Crippen MR) is 271 cm³/mol. The third-order valence-corrected chi connectivity index (χ3v) is 13.1. The van der Waals surface area contributed by atoms with E-state index in [1.165, 1.54) is 66.3 Å². The summed E-state index contributed by atoms with van der Waals surface area (Å²) in [6, 6.07) is 63.5. The van der Waals surface area contributed by atoms with Crippen molar-refractivity contribution in [3.63, 3.8) is 0 Å². The fraction of sp³-hybridized carbons (Fsp3) is 0.119. The van der Waals surface area contributed by atoms with E-state index in [9.17, 15) is 0 Å². The molecule has 0 amide bonds. The zero-order chi connectivity index (χ0) is 43.7. The zero-order valence-corrected chi connectivity index (χ0v) is 37.2. The molecule has 0 saturated heterocycles. The number of ether oxygens (including phenoxy) is 2.